The molecule has 4 rings (SSSR count). The number of hydrogen-bond donors (Lipinski definition) is 1. The van der Waals surface area contributed by atoms with Gasteiger partial charge in [0, 0.05) is 19.5 Å². The van der Waals surface area contributed by atoms with Gasteiger partial charge in [0.1, 0.15) is 12.6 Å². The van der Waals surface area contributed by atoms with Crippen LogP contribution >= 0.6 is 0 Å². The number of anilines is 1. The van der Waals surface area contributed by atoms with Crippen LogP contribution in [0.4, 0.5) is 5.69 Å². The van der Waals surface area contributed by atoms with E-state index in [-0.39, 0.29) is 23.8 Å². The molecule has 0 aliphatic heterocycles. The van der Waals surface area contributed by atoms with Crippen molar-refractivity contribution >= 4 is 27.5 Å². The quantitative estimate of drug-likeness (QED) is 0.246. The number of likely N-dealkylation sites (N-methyl/N-ethyl adjacent to an activating group) is 1. The van der Waals surface area contributed by atoms with Crippen molar-refractivity contribution < 1.29 is 18.0 Å². The van der Waals surface area contributed by atoms with Crippen LogP contribution in [0.5, 0.6) is 0 Å². The topological polar surface area (TPSA) is 86.8 Å². The molecule has 0 radical (unpaired) electrons. The Morgan fingerprint density at radius 1 is 0.738 bits per heavy atom. The van der Waals surface area contributed by atoms with Crippen LogP contribution in [0.3, 0.4) is 0 Å². The Morgan fingerprint density at radius 2 is 1.29 bits per heavy atom. The maximum absolute atomic E-state index is 14.3. The zero-order valence-electron chi connectivity index (χ0n) is 24.2. The summed E-state index contributed by atoms with van der Waals surface area (Å²) in [5, 5.41) is 2.88. The van der Waals surface area contributed by atoms with Gasteiger partial charge in [-0.05, 0) is 56.2 Å². The van der Waals surface area contributed by atoms with Crippen LogP contribution in [0.1, 0.15) is 29.2 Å². The summed E-state index contributed by atoms with van der Waals surface area (Å²) >= 11 is 0. The fraction of sp³-hybridized carbons (Fsp3) is 0.235. The van der Waals surface area contributed by atoms with Crippen LogP contribution in [0, 0.1) is 13.8 Å². The number of nitrogens with one attached hydrogen (secondary N) is 1. The monoisotopic (exact) mass is 583 g/mol. The second kappa shape index (κ2) is 14.0. The minimum absolute atomic E-state index is 0.0828. The molecule has 4 aromatic rings. The average Bonchev–Trinajstić information content (AvgIpc) is 2.99. The van der Waals surface area contributed by atoms with Gasteiger partial charge in [0.2, 0.25) is 11.8 Å². The SMILES string of the molecule is CCNC(=O)C(Cc1ccccc1)N(Cc1ccc(C)cc1)C(=O)CN(c1ccccc1)S(=O)(=O)c1ccc(C)cc1. The number of rotatable bonds is 12. The van der Waals surface area contributed by atoms with Gasteiger partial charge in [-0.25, -0.2) is 8.42 Å². The molecule has 8 heteroatoms. The number of benzene rings is 4. The highest BCUT2D eigenvalue weighted by Crippen LogP contribution is 2.25. The molecule has 0 aliphatic rings. The first-order valence-corrected chi connectivity index (χ1v) is 15.4. The zero-order valence-corrected chi connectivity index (χ0v) is 25.1. The predicted octanol–water partition coefficient (Wildman–Crippen LogP) is 5.27. The summed E-state index contributed by atoms with van der Waals surface area (Å²) in [4.78, 5) is 29.4. The van der Waals surface area contributed by atoms with Crippen LogP contribution in [0.15, 0.2) is 114 Å². The normalized spacial score (nSPS) is 11.9. The molecule has 0 fully saturated rings. The van der Waals surface area contributed by atoms with Gasteiger partial charge >= 0.3 is 0 Å². The van der Waals surface area contributed by atoms with E-state index in [1.54, 1.807) is 54.6 Å². The minimum atomic E-state index is -4.11. The van der Waals surface area contributed by atoms with Gasteiger partial charge in [0.15, 0.2) is 0 Å². The Balaban J connectivity index is 1.77. The summed E-state index contributed by atoms with van der Waals surface area (Å²) in [6.07, 6.45) is 0.278. The fourth-order valence-electron chi connectivity index (χ4n) is 4.70. The molecule has 0 bridgehead atoms. The summed E-state index contributed by atoms with van der Waals surface area (Å²) in [5.41, 5.74) is 4.08. The molecule has 2 amide bonds. The van der Waals surface area contributed by atoms with Crippen molar-refractivity contribution in [2.45, 2.75) is 44.7 Å². The van der Waals surface area contributed by atoms with Crippen LogP contribution in [-0.2, 0) is 32.6 Å². The van der Waals surface area contributed by atoms with Crippen molar-refractivity contribution in [3.63, 3.8) is 0 Å². The first kappa shape index (κ1) is 30.5. The molecule has 7 nitrogen and oxygen atoms in total. The van der Waals surface area contributed by atoms with Crippen molar-refractivity contribution in [1.29, 1.82) is 0 Å². The third-order valence-electron chi connectivity index (χ3n) is 7.03. The second-order valence-electron chi connectivity index (χ2n) is 10.3. The first-order valence-electron chi connectivity index (χ1n) is 14.0. The van der Waals surface area contributed by atoms with Gasteiger partial charge in [0.25, 0.3) is 10.0 Å². The van der Waals surface area contributed by atoms with E-state index < -0.39 is 28.5 Å². The molecule has 0 spiro atoms. The van der Waals surface area contributed by atoms with E-state index in [2.05, 4.69) is 5.32 Å². The molecule has 1 unspecified atom stereocenters. The predicted molar refractivity (Wildman–Crippen MR) is 166 cm³/mol. The first-order chi connectivity index (χ1) is 20.2. The van der Waals surface area contributed by atoms with Gasteiger partial charge in [-0.15, -0.1) is 0 Å². The van der Waals surface area contributed by atoms with E-state index in [1.165, 1.54) is 4.90 Å². The van der Waals surface area contributed by atoms with Gasteiger partial charge in [-0.3, -0.25) is 13.9 Å². The van der Waals surface area contributed by atoms with E-state index in [0.29, 0.717) is 12.2 Å². The molecule has 0 heterocycles. The smallest absolute Gasteiger partial charge is 0.264 e. The van der Waals surface area contributed by atoms with Crippen LogP contribution in [-0.4, -0.2) is 44.3 Å². The summed E-state index contributed by atoms with van der Waals surface area (Å²) in [6, 6.07) is 31.5. The highest BCUT2D eigenvalue weighted by Gasteiger charge is 2.34. The lowest BCUT2D eigenvalue weighted by molar-refractivity contribution is -0.140. The summed E-state index contributed by atoms with van der Waals surface area (Å²) in [5.74, 6) is -0.781. The number of hydrogen-bond acceptors (Lipinski definition) is 4. The Hall–Kier alpha value is -4.43. The number of carbonyl (C=O) groups excluding carboxylic acids is 2. The molecule has 1 atom stereocenters. The molecule has 1 N–H and O–H groups in total. The fourth-order valence-corrected chi connectivity index (χ4v) is 6.11. The summed E-state index contributed by atoms with van der Waals surface area (Å²) in [6.45, 7) is 5.75. The Labute approximate surface area is 248 Å². The molecular formula is C34H37N3O4S. The minimum Gasteiger partial charge on any atom is -0.355 e. The van der Waals surface area contributed by atoms with Gasteiger partial charge < -0.3 is 10.2 Å². The van der Waals surface area contributed by atoms with Crippen molar-refractivity contribution in [2.24, 2.45) is 0 Å². The van der Waals surface area contributed by atoms with Crippen LogP contribution < -0.4 is 9.62 Å². The summed E-state index contributed by atoms with van der Waals surface area (Å²) < 4.78 is 29.1. The highest BCUT2D eigenvalue weighted by atomic mass is 32.2. The lowest BCUT2D eigenvalue weighted by Gasteiger charge is -2.33. The van der Waals surface area contributed by atoms with Crippen molar-refractivity contribution in [3.05, 3.63) is 131 Å². The molecular weight excluding hydrogens is 546 g/mol. The zero-order chi connectivity index (χ0) is 30.1. The molecule has 0 aromatic heterocycles. The third kappa shape index (κ3) is 7.64. The molecule has 0 saturated carbocycles. The maximum Gasteiger partial charge on any atom is 0.264 e. The highest BCUT2D eigenvalue weighted by molar-refractivity contribution is 7.92. The van der Waals surface area contributed by atoms with Crippen LogP contribution in [0.25, 0.3) is 0 Å². The molecule has 42 heavy (non-hydrogen) atoms. The van der Waals surface area contributed by atoms with Gasteiger partial charge in [-0.1, -0.05) is 96.1 Å². The lowest BCUT2D eigenvalue weighted by Crippen LogP contribution is -2.53. The number of aryl methyl sites for hydroxylation is 2. The van der Waals surface area contributed by atoms with Crippen molar-refractivity contribution in [2.75, 3.05) is 17.4 Å². The molecule has 4 aromatic carbocycles. The van der Waals surface area contributed by atoms with E-state index in [4.69, 9.17) is 0 Å². The summed E-state index contributed by atoms with van der Waals surface area (Å²) in [7, 11) is -4.11. The third-order valence-corrected chi connectivity index (χ3v) is 8.82. The second-order valence-corrected chi connectivity index (χ2v) is 12.1. The number of carbonyl (C=O) groups is 2. The number of sulfonamides is 1. The largest absolute Gasteiger partial charge is 0.355 e. The van der Waals surface area contributed by atoms with Gasteiger partial charge in [-0.2, -0.15) is 0 Å². The van der Waals surface area contributed by atoms with E-state index >= 15 is 0 Å². The van der Waals surface area contributed by atoms with Crippen molar-refractivity contribution in [1.82, 2.24) is 10.2 Å². The molecule has 0 aliphatic carbocycles. The van der Waals surface area contributed by atoms with Crippen LogP contribution in [0.2, 0.25) is 0 Å². The number of amides is 2. The number of para-hydroxylation sites is 1. The Morgan fingerprint density at radius 3 is 1.86 bits per heavy atom. The Bertz CT molecular complexity index is 1570. The molecule has 0 saturated heterocycles. The van der Waals surface area contributed by atoms with Crippen molar-refractivity contribution in [3.8, 4) is 0 Å². The number of nitrogens with zero attached hydrogens (tertiary/aromatic N) is 2. The van der Waals surface area contributed by atoms with Gasteiger partial charge in [0.05, 0.1) is 10.6 Å². The Kier molecular flexibility index (Phi) is 10.1. The van der Waals surface area contributed by atoms with E-state index in [0.717, 1.165) is 26.6 Å². The maximum atomic E-state index is 14.3. The molecule has 218 valence electrons. The van der Waals surface area contributed by atoms with E-state index in [1.807, 2.05) is 75.4 Å². The lowest BCUT2D eigenvalue weighted by atomic mass is 10.0. The standard InChI is InChI=1S/C34H37N3O4S/c1-4-35-34(39)32(23-28-11-7-5-8-12-28)36(24-29-19-15-26(2)16-20-29)33(38)25-37(30-13-9-6-10-14-30)42(40,41)31-21-17-27(3)18-22-31/h5-22,32H,4,23-25H2,1-3H3,(H,35,39). The average molecular weight is 584 g/mol. The van der Waals surface area contributed by atoms with E-state index in [9.17, 15) is 18.0 Å².